The maximum atomic E-state index is 11.0. The molecule has 4 heteroatoms. The summed E-state index contributed by atoms with van der Waals surface area (Å²) in [6.45, 7) is 1.82. The molecule has 11 heavy (non-hydrogen) atoms. The summed E-state index contributed by atoms with van der Waals surface area (Å²) in [5.41, 5.74) is 1.34. The number of esters is 1. The van der Waals surface area contributed by atoms with Crippen molar-refractivity contribution in [1.82, 2.24) is 9.78 Å². The van der Waals surface area contributed by atoms with Gasteiger partial charge in [-0.3, -0.25) is 4.68 Å². The predicted molar refractivity (Wildman–Crippen MR) is 39.3 cm³/mol. The number of aromatic nitrogens is 2. The number of carbonyl (C=O) groups is 1. The third-order valence-corrected chi connectivity index (χ3v) is 1.64. The van der Waals surface area contributed by atoms with Crippen LogP contribution in [0.3, 0.4) is 0 Å². The Labute approximate surface area is 64.8 Å². The summed E-state index contributed by atoms with van der Waals surface area (Å²) >= 11 is 0. The van der Waals surface area contributed by atoms with Gasteiger partial charge in [-0.25, -0.2) is 4.79 Å². The Morgan fingerprint density at radius 1 is 1.73 bits per heavy atom. The highest BCUT2D eigenvalue weighted by Gasteiger charge is 2.11. The molecule has 0 amide bonds. The van der Waals surface area contributed by atoms with E-state index in [2.05, 4.69) is 9.84 Å². The van der Waals surface area contributed by atoms with Crippen LogP contribution in [0.1, 0.15) is 16.1 Å². The van der Waals surface area contributed by atoms with Gasteiger partial charge >= 0.3 is 5.97 Å². The van der Waals surface area contributed by atoms with Crippen LogP contribution >= 0.6 is 0 Å². The Bertz CT molecular complexity index is 278. The van der Waals surface area contributed by atoms with Gasteiger partial charge in [-0.1, -0.05) is 0 Å². The van der Waals surface area contributed by atoms with E-state index in [1.54, 1.807) is 11.7 Å². The van der Waals surface area contributed by atoms with Crippen LogP contribution in [0.5, 0.6) is 0 Å². The van der Waals surface area contributed by atoms with Crippen LogP contribution in [0.25, 0.3) is 0 Å². The van der Waals surface area contributed by atoms with Gasteiger partial charge in [-0.2, -0.15) is 5.10 Å². The second kappa shape index (κ2) is 2.74. The summed E-state index contributed by atoms with van der Waals surface area (Å²) in [6, 6.07) is 0. The Morgan fingerprint density at radius 3 is 2.73 bits per heavy atom. The van der Waals surface area contributed by atoms with E-state index in [0.717, 1.165) is 5.69 Å². The first-order valence-electron chi connectivity index (χ1n) is 3.23. The lowest BCUT2D eigenvalue weighted by Gasteiger charge is -1.96. The van der Waals surface area contributed by atoms with Crippen molar-refractivity contribution in [1.29, 1.82) is 0 Å². The summed E-state index contributed by atoms with van der Waals surface area (Å²) in [5.74, 6) is -0.337. The zero-order valence-corrected chi connectivity index (χ0v) is 6.79. The first kappa shape index (κ1) is 7.78. The Morgan fingerprint density at radius 2 is 2.36 bits per heavy atom. The minimum atomic E-state index is -0.337. The summed E-state index contributed by atoms with van der Waals surface area (Å²) < 4.78 is 6.17. The van der Waals surface area contributed by atoms with Crippen molar-refractivity contribution in [2.75, 3.05) is 7.11 Å². The normalized spacial score (nSPS) is 9.73. The van der Waals surface area contributed by atoms with E-state index in [1.165, 1.54) is 13.3 Å². The molecule has 0 spiro atoms. The van der Waals surface area contributed by atoms with Crippen LogP contribution in [0.15, 0.2) is 6.20 Å². The smallest absolute Gasteiger partial charge is 0.341 e. The molecule has 0 fully saturated rings. The van der Waals surface area contributed by atoms with Gasteiger partial charge in [-0.05, 0) is 6.92 Å². The number of hydrogen-bond acceptors (Lipinski definition) is 3. The zero-order chi connectivity index (χ0) is 8.43. The standard InChI is InChI=1S/C7H10N2O2/c1-5-6(7(10)11-3)4-8-9(5)2/h4H,1-3H3. The average Bonchev–Trinajstić information content (AvgIpc) is 2.32. The molecule has 0 radical (unpaired) electrons. The van der Waals surface area contributed by atoms with Gasteiger partial charge < -0.3 is 4.74 Å². The van der Waals surface area contributed by atoms with Gasteiger partial charge in [0.15, 0.2) is 0 Å². The van der Waals surface area contributed by atoms with Crippen LogP contribution in [-0.4, -0.2) is 22.9 Å². The molecule has 0 unspecified atom stereocenters. The topological polar surface area (TPSA) is 44.1 Å². The quantitative estimate of drug-likeness (QED) is 0.554. The lowest BCUT2D eigenvalue weighted by atomic mass is 10.3. The van der Waals surface area contributed by atoms with Crippen LogP contribution in [0.2, 0.25) is 0 Å². The molecular formula is C7H10N2O2. The van der Waals surface area contributed by atoms with Gasteiger partial charge in [0.25, 0.3) is 0 Å². The van der Waals surface area contributed by atoms with Crippen LogP contribution in [0.4, 0.5) is 0 Å². The number of nitrogens with zero attached hydrogens (tertiary/aromatic N) is 2. The summed E-state index contributed by atoms with van der Waals surface area (Å²) in [7, 11) is 3.14. The van der Waals surface area contributed by atoms with E-state index in [9.17, 15) is 4.79 Å². The summed E-state index contributed by atoms with van der Waals surface area (Å²) in [4.78, 5) is 11.0. The van der Waals surface area contributed by atoms with Gasteiger partial charge in [0.05, 0.1) is 13.3 Å². The molecule has 0 saturated heterocycles. The van der Waals surface area contributed by atoms with Gasteiger partial charge in [0, 0.05) is 12.7 Å². The molecule has 60 valence electrons. The fourth-order valence-electron chi connectivity index (χ4n) is 0.809. The second-order valence-corrected chi connectivity index (χ2v) is 2.26. The number of methoxy groups -OCH3 is 1. The lowest BCUT2D eigenvalue weighted by Crippen LogP contribution is -2.03. The molecule has 0 atom stereocenters. The maximum Gasteiger partial charge on any atom is 0.341 e. The van der Waals surface area contributed by atoms with Gasteiger partial charge in [0.2, 0.25) is 0 Å². The zero-order valence-electron chi connectivity index (χ0n) is 6.79. The Hall–Kier alpha value is -1.32. The predicted octanol–water partition coefficient (Wildman–Crippen LogP) is 0.515. The molecule has 0 N–H and O–H groups in total. The monoisotopic (exact) mass is 154 g/mol. The van der Waals surface area contributed by atoms with Crippen LogP contribution in [-0.2, 0) is 11.8 Å². The molecule has 0 aliphatic rings. The van der Waals surface area contributed by atoms with E-state index >= 15 is 0 Å². The number of ether oxygens (including phenoxy) is 1. The summed E-state index contributed by atoms with van der Waals surface area (Å²) in [6.07, 6.45) is 1.50. The second-order valence-electron chi connectivity index (χ2n) is 2.26. The summed E-state index contributed by atoms with van der Waals surface area (Å²) in [5, 5.41) is 3.90. The lowest BCUT2D eigenvalue weighted by molar-refractivity contribution is 0.0600. The van der Waals surface area contributed by atoms with Gasteiger partial charge in [0.1, 0.15) is 5.56 Å². The van der Waals surface area contributed by atoms with Crippen LogP contribution in [0, 0.1) is 6.92 Å². The molecule has 0 saturated carbocycles. The van der Waals surface area contributed by atoms with E-state index in [4.69, 9.17) is 0 Å². The molecule has 0 aliphatic carbocycles. The Kier molecular flexibility index (Phi) is 1.94. The number of carbonyl (C=O) groups excluding carboxylic acids is 1. The SMILES string of the molecule is COC(=O)c1cnn(C)c1C. The van der Waals surface area contributed by atoms with Crippen molar-refractivity contribution in [3.8, 4) is 0 Å². The largest absolute Gasteiger partial charge is 0.465 e. The molecule has 1 rings (SSSR count). The highest BCUT2D eigenvalue weighted by atomic mass is 16.5. The molecule has 4 nitrogen and oxygen atoms in total. The van der Waals surface area contributed by atoms with Crippen LogP contribution < -0.4 is 0 Å². The van der Waals surface area contributed by atoms with E-state index in [0.29, 0.717) is 5.56 Å². The highest BCUT2D eigenvalue weighted by Crippen LogP contribution is 2.05. The first-order valence-corrected chi connectivity index (χ1v) is 3.23. The maximum absolute atomic E-state index is 11.0. The average molecular weight is 154 g/mol. The van der Waals surface area contributed by atoms with Crippen molar-refractivity contribution >= 4 is 5.97 Å². The van der Waals surface area contributed by atoms with Crippen molar-refractivity contribution < 1.29 is 9.53 Å². The van der Waals surface area contributed by atoms with Crippen molar-refractivity contribution in [3.63, 3.8) is 0 Å². The molecular weight excluding hydrogens is 144 g/mol. The highest BCUT2D eigenvalue weighted by molar-refractivity contribution is 5.90. The minimum Gasteiger partial charge on any atom is -0.465 e. The van der Waals surface area contributed by atoms with Crippen molar-refractivity contribution in [2.24, 2.45) is 7.05 Å². The fraction of sp³-hybridized carbons (Fsp3) is 0.429. The molecule has 1 heterocycles. The van der Waals surface area contributed by atoms with E-state index in [1.807, 2.05) is 6.92 Å². The molecule has 0 aliphatic heterocycles. The van der Waals surface area contributed by atoms with E-state index < -0.39 is 0 Å². The molecule has 0 aromatic carbocycles. The third-order valence-electron chi connectivity index (χ3n) is 1.64. The van der Waals surface area contributed by atoms with Crippen molar-refractivity contribution in [2.45, 2.75) is 6.92 Å². The molecule has 1 aromatic heterocycles. The van der Waals surface area contributed by atoms with Crippen molar-refractivity contribution in [3.05, 3.63) is 17.5 Å². The van der Waals surface area contributed by atoms with Gasteiger partial charge in [-0.15, -0.1) is 0 Å². The number of rotatable bonds is 1. The minimum absolute atomic E-state index is 0.337. The fourth-order valence-corrected chi connectivity index (χ4v) is 0.809. The Balaban J connectivity index is 3.04. The van der Waals surface area contributed by atoms with E-state index in [-0.39, 0.29) is 5.97 Å². The molecule has 1 aromatic rings. The first-order chi connectivity index (χ1) is 5.16. The number of aryl methyl sites for hydroxylation is 1. The number of hydrogen-bond donors (Lipinski definition) is 0. The third kappa shape index (κ3) is 1.24. The molecule has 0 bridgehead atoms.